The van der Waals surface area contributed by atoms with Gasteiger partial charge in [0.25, 0.3) is 0 Å². The third kappa shape index (κ3) is 5.00. The van der Waals surface area contributed by atoms with Gasteiger partial charge in [0.2, 0.25) is 11.8 Å². The van der Waals surface area contributed by atoms with Crippen LogP contribution in [0.4, 0.5) is 0 Å². The standard InChI is InChI=1S/C22H26ClN3O3/c1-15(22(28)24-19-4-5-19)25-8-10-26(11-9-25)21(27)7-2-16-12-17-13-18(23)3-6-20(17)29-14-16/h2-3,6-7,12-13,15,19H,4-5,8-11,14H2,1H3,(H,24,28)/b7-2+. The second kappa shape index (κ2) is 8.59. The minimum Gasteiger partial charge on any atom is -0.488 e. The van der Waals surface area contributed by atoms with Gasteiger partial charge in [-0.05, 0) is 49.6 Å². The summed E-state index contributed by atoms with van der Waals surface area (Å²) in [4.78, 5) is 28.7. The number of fused-ring (bicyclic) bond motifs is 1. The van der Waals surface area contributed by atoms with E-state index in [9.17, 15) is 9.59 Å². The Morgan fingerprint density at radius 2 is 2.00 bits per heavy atom. The first kappa shape index (κ1) is 20.0. The highest BCUT2D eigenvalue weighted by Crippen LogP contribution is 2.29. The number of hydrogen-bond donors (Lipinski definition) is 1. The first-order valence-electron chi connectivity index (χ1n) is 10.1. The van der Waals surface area contributed by atoms with Crippen LogP contribution in [0.3, 0.4) is 0 Å². The van der Waals surface area contributed by atoms with Crippen LogP contribution < -0.4 is 10.1 Å². The van der Waals surface area contributed by atoms with Gasteiger partial charge >= 0.3 is 0 Å². The summed E-state index contributed by atoms with van der Waals surface area (Å²) in [6.07, 6.45) is 7.58. The van der Waals surface area contributed by atoms with Crippen molar-refractivity contribution < 1.29 is 14.3 Å². The molecule has 2 fully saturated rings. The maximum Gasteiger partial charge on any atom is 0.246 e. The zero-order chi connectivity index (χ0) is 20.4. The zero-order valence-corrected chi connectivity index (χ0v) is 17.3. The van der Waals surface area contributed by atoms with Gasteiger partial charge in [0.05, 0.1) is 6.04 Å². The van der Waals surface area contributed by atoms with E-state index in [-0.39, 0.29) is 17.9 Å². The molecule has 2 amide bonds. The van der Waals surface area contributed by atoms with Gasteiger partial charge in [0.1, 0.15) is 12.4 Å². The smallest absolute Gasteiger partial charge is 0.246 e. The van der Waals surface area contributed by atoms with Crippen molar-refractivity contribution >= 4 is 29.5 Å². The van der Waals surface area contributed by atoms with E-state index in [4.69, 9.17) is 16.3 Å². The average molecular weight is 416 g/mol. The van der Waals surface area contributed by atoms with Crippen LogP contribution in [0, 0.1) is 0 Å². The molecule has 1 saturated heterocycles. The van der Waals surface area contributed by atoms with Gasteiger partial charge in [0, 0.05) is 48.9 Å². The first-order valence-corrected chi connectivity index (χ1v) is 10.5. The van der Waals surface area contributed by atoms with Crippen LogP contribution in [0.2, 0.25) is 5.02 Å². The molecule has 2 heterocycles. The highest BCUT2D eigenvalue weighted by Gasteiger charge is 2.30. The number of halogens is 1. The lowest BCUT2D eigenvalue weighted by Crippen LogP contribution is -2.55. The molecule has 1 saturated carbocycles. The molecule has 0 spiro atoms. The second-order valence-electron chi connectivity index (χ2n) is 7.84. The fourth-order valence-electron chi connectivity index (χ4n) is 3.59. The number of amides is 2. The zero-order valence-electron chi connectivity index (χ0n) is 16.6. The van der Waals surface area contributed by atoms with Crippen molar-refractivity contribution in [3.63, 3.8) is 0 Å². The predicted octanol–water partition coefficient (Wildman–Crippen LogP) is 2.48. The Bertz CT molecular complexity index is 855. The summed E-state index contributed by atoms with van der Waals surface area (Å²) >= 11 is 6.04. The Labute approximate surface area is 176 Å². The van der Waals surface area contributed by atoms with Crippen molar-refractivity contribution in [1.29, 1.82) is 0 Å². The number of nitrogens with one attached hydrogen (secondary N) is 1. The Hall–Kier alpha value is -2.31. The van der Waals surface area contributed by atoms with Gasteiger partial charge in [-0.2, -0.15) is 0 Å². The monoisotopic (exact) mass is 415 g/mol. The van der Waals surface area contributed by atoms with Gasteiger partial charge < -0.3 is 15.0 Å². The lowest BCUT2D eigenvalue weighted by atomic mass is 10.1. The molecular weight excluding hydrogens is 390 g/mol. The van der Waals surface area contributed by atoms with Gasteiger partial charge in [0.15, 0.2) is 0 Å². The summed E-state index contributed by atoms with van der Waals surface area (Å²) < 4.78 is 5.72. The predicted molar refractivity (Wildman–Crippen MR) is 113 cm³/mol. The molecule has 1 unspecified atom stereocenters. The molecule has 1 N–H and O–H groups in total. The number of ether oxygens (including phenoxy) is 1. The van der Waals surface area contributed by atoms with Gasteiger partial charge in [-0.3, -0.25) is 14.5 Å². The largest absolute Gasteiger partial charge is 0.488 e. The third-order valence-electron chi connectivity index (χ3n) is 5.62. The van der Waals surface area contributed by atoms with E-state index in [0.29, 0.717) is 43.9 Å². The summed E-state index contributed by atoms with van der Waals surface area (Å²) in [6.45, 7) is 5.03. The molecule has 6 nitrogen and oxygen atoms in total. The molecule has 1 atom stereocenters. The number of rotatable bonds is 5. The van der Waals surface area contributed by atoms with E-state index < -0.39 is 0 Å². The van der Waals surface area contributed by atoms with E-state index >= 15 is 0 Å². The van der Waals surface area contributed by atoms with Gasteiger partial charge in [-0.1, -0.05) is 17.7 Å². The average Bonchev–Trinajstić information content (AvgIpc) is 3.55. The van der Waals surface area contributed by atoms with Crippen LogP contribution in [0.1, 0.15) is 25.3 Å². The van der Waals surface area contributed by atoms with E-state index in [2.05, 4.69) is 10.2 Å². The van der Waals surface area contributed by atoms with Crippen molar-refractivity contribution in [3.8, 4) is 5.75 Å². The van der Waals surface area contributed by atoms with Gasteiger partial charge in [-0.25, -0.2) is 0 Å². The number of nitrogens with zero attached hydrogens (tertiary/aromatic N) is 2. The summed E-state index contributed by atoms with van der Waals surface area (Å²) in [5.41, 5.74) is 1.85. The molecule has 154 valence electrons. The van der Waals surface area contributed by atoms with E-state index in [1.165, 1.54) is 0 Å². The normalized spacial score (nSPS) is 20.6. The Morgan fingerprint density at radius 1 is 1.24 bits per heavy atom. The van der Waals surface area contributed by atoms with Crippen LogP contribution in [0.15, 0.2) is 35.9 Å². The van der Waals surface area contributed by atoms with Crippen LogP contribution in [0.25, 0.3) is 6.08 Å². The SMILES string of the molecule is CC(C(=O)NC1CC1)N1CCN(C(=O)/C=C/C2=Cc3cc(Cl)ccc3OC2)CC1. The molecule has 3 aliphatic rings. The highest BCUT2D eigenvalue weighted by atomic mass is 35.5. The Morgan fingerprint density at radius 3 is 2.72 bits per heavy atom. The fourth-order valence-corrected chi connectivity index (χ4v) is 3.77. The van der Waals surface area contributed by atoms with Crippen LogP contribution >= 0.6 is 11.6 Å². The molecule has 1 aliphatic carbocycles. The van der Waals surface area contributed by atoms with Crippen LogP contribution in [0.5, 0.6) is 5.75 Å². The molecule has 0 bridgehead atoms. The fraction of sp³-hybridized carbons (Fsp3) is 0.455. The quantitative estimate of drug-likeness (QED) is 0.750. The summed E-state index contributed by atoms with van der Waals surface area (Å²) in [5.74, 6) is 0.878. The summed E-state index contributed by atoms with van der Waals surface area (Å²) in [7, 11) is 0. The molecule has 4 rings (SSSR count). The van der Waals surface area contributed by atoms with Crippen molar-refractivity contribution in [2.75, 3.05) is 32.8 Å². The molecule has 0 aromatic heterocycles. The first-order chi connectivity index (χ1) is 14.0. The molecule has 29 heavy (non-hydrogen) atoms. The van der Waals surface area contributed by atoms with Crippen molar-refractivity contribution in [2.45, 2.75) is 31.8 Å². The second-order valence-corrected chi connectivity index (χ2v) is 8.28. The van der Waals surface area contributed by atoms with Gasteiger partial charge in [-0.15, -0.1) is 0 Å². The van der Waals surface area contributed by atoms with Crippen LogP contribution in [-0.4, -0.2) is 66.5 Å². The van der Waals surface area contributed by atoms with E-state index in [1.54, 1.807) is 12.1 Å². The summed E-state index contributed by atoms with van der Waals surface area (Å²) in [6, 6.07) is 5.73. The number of benzene rings is 1. The maximum absolute atomic E-state index is 12.6. The topological polar surface area (TPSA) is 61.9 Å². The van der Waals surface area contributed by atoms with E-state index in [1.807, 2.05) is 36.1 Å². The van der Waals surface area contributed by atoms with E-state index in [0.717, 1.165) is 29.7 Å². The lowest BCUT2D eigenvalue weighted by molar-refractivity contribution is -0.130. The molecule has 2 aliphatic heterocycles. The Balaban J connectivity index is 1.29. The Kier molecular flexibility index (Phi) is 5.92. The lowest BCUT2D eigenvalue weighted by Gasteiger charge is -2.37. The number of piperazine rings is 1. The van der Waals surface area contributed by atoms with Crippen molar-refractivity contribution in [2.24, 2.45) is 0 Å². The van der Waals surface area contributed by atoms with Crippen molar-refractivity contribution in [3.05, 3.63) is 46.5 Å². The van der Waals surface area contributed by atoms with Crippen LogP contribution in [-0.2, 0) is 9.59 Å². The minimum atomic E-state index is -0.153. The number of carbonyl (C=O) groups excluding carboxylic acids is 2. The number of carbonyl (C=O) groups is 2. The molecule has 0 radical (unpaired) electrons. The minimum absolute atomic E-state index is 0.0162. The third-order valence-corrected chi connectivity index (χ3v) is 5.86. The molecule has 7 heteroatoms. The molecule has 1 aromatic carbocycles. The maximum atomic E-state index is 12.6. The molecule has 1 aromatic rings. The van der Waals surface area contributed by atoms with Crippen molar-refractivity contribution in [1.82, 2.24) is 15.1 Å². The highest BCUT2D eigenvalue weighted by molar-refractivity contribution is 6.30. The molecular formula is C22H26ClN3O3. The summed E-state index contributed by atoms with van der Waals surface area (Å²) in [5, 5.41) is 3.71. The number of hydrogen-bond acceptors (Lipinski definition) is 4.